The Morgan fingerprint density at radius 2 is 2.13 bits per heavy atom. The largest absolute Gasteiger partial charge is 0.339 e. The van der Waals surface area contributed by atoms with Gasteiger partial charge in [0.05, 0.1) is 10.8 Å². The molecule has 1 aromatic heterocycles. The molecular formula is C14H19N5O4. The highest BCUT2D eigenvalue weighted by atomic mass is 16.6. The molecule has 0 unspecified atom stereocenters. The summed E-state index contributed by atoms with van der Waals surface area (Å²) in [5.74, 6) is -0.800. The van der Waals surface area contributed by atoms with Gasteiger partial charge in [0.25, 0.3) is 0 Å². The highest BCUT2D eigenvalue weighted by molar-refractivity contribution is 5.98. The summed E-state index contributed by atoms with van der Waals surface area (Å²) in [5, 5.41) is 17.3. The van der Waals surface area contributed by atoms with E-state index in [0.29, 0.717) is 6.54 Å². The van der Waals surface area contributed by atoms with Crippen LogP contribution in [0.3, 0.4) is 0 Å². The Morgan fingerprint density at radius 1 is 1.43 bits per heavy atom. The normalized spacial score (nSPS) is 21.9. The predicted molar refractivity (Wildman–Crippen MR) is 80.6 cm³/mol. The Labute approximate surface area is 132 Å². The number of hydrogen-bond acceptors (Lipinski definition) is 5. The molecule has 124 valence electrons. The summed E-state index contributed by atoms with van der Waals surface area (Å²) in [4.78, 5) is 36.7. The molecule has 0 spiro atoms. The van der Waals surface area contributed by atoms with E-state index in [2.05, 4.69) is 10.4 Å². The van der Waals surface area contributed by atoms with Crippen LogP contribution in [0, 0.1) is 16.0 Å². The molecule has 1 N–H and O–H groups in total. The average molecular weight is 321 g/mol. The number of aryl methyl sites for hydroxylation is 1. The number of amides is 2. The van der Waals surface area contributed by atoms with Crippen LogP contribution in [0.15, 0.2) is 6.20 Å². The van der Waals surface area contributed by atoms with Crippen LogP contribution in [0.5, 0.6) is 0 Å². The second kappa shape index (κ2) is 5.98. The number of nitro groups is 1. The molecule has 2 heterocycles. The first-order valence-corrected chi connectivity index (χ1v) is 7.74. The molecule has 1 atom stereocenters. The van der Waals surface area contributed by atoms with Crippen LogP contribution >= 0.6 is 0 Å². The molecule has 1 saturated heterocycles. The second-order valence-electron chi connectivity index (χ2n) is 6.13. The third-order valence-electron chi connectivity index (χ3n) is 4.65. The van der Waals surface area contributed by atoms with E-state index in [4.69, 9.17) is 0 Å². The summed E-state index contributed by atoms with van der Waals surface area (Å²) in [6, 6.07) is 0.242. The molecular weight excluding hydrogens is 302 g/mol. The zero-order valence-electron chi connectivity index (χ0n) is 12.9. The Bertz CT molecular complexity index is 650. The lowest BCUT2D eigenvalue weighted by Gasteiger charge is -2.23. The van der Waals surface area contributed by atoms with Gasteiger partial charge in [-0.25, -0.2) is 4.68 Å². The predicted octanol–water partition coefficient (Wildman–Crippen LogP) is 1.06. The SMILES string of the molecule is Cn1ncc([N+](=O)[O-])c1NC(=O)[C@H]1CC(=O)N(C2CCCC2)C1. The first kappa shape index (κ1) is 15.4. The molecule has 1 aromatic rings. The van der Waals surface area contributed by atoms with Crippen molar-refractivity contribution in [1.82, 2.24) is 14.7 Å². The van der Waals surface area contributed by atoms with Crippen molar-refractivity contribution in [3.05, 3.63) is 16.3 Å². The number of anilines is 1. The molecule has 0 bridgehead atoms. The Kier molecular flexibility index (Phi) is 4.01. The summed E-state index contributed by atoms with van der Waals surface area (Å²) in [6.07, 6.45) is 5.48. The third-order valence-corrected chi connectivity index (χ3v) is 4.65. The van der Waals surface area contributed by atoms with Gasteiger partial charge in [-0.15, -0.1) is 0 Å². The monoisotopic (exact) mass is 321 g/mol. The standard InChI is InChI=1S/C14H19N5O4/c1-17-13(11(7-15-17)19(22)23)16-14(21)9-6-12(20)18(8-9)10-4-2-3-5-10/h7,9-10H,2-6,8H2,1H3,(H,16,21)/t9-/m0/s1. The fraction of sp³-hybridized carbons (Fsp3) is 0.643. The molecule has 1 aliphatic heterocycles. The maximum Gasteiger partial charge on any atom is 0.331 e. The number of rotatable bonds is 4. The van der Waals surface area contributed by atoms with Gasteiger partial charge in [0, 0.05) is 26.1 Å². The van der Waals surface area contributed by atoms with E-state index in [1.807, 2.05) is 0 Å². The van der Waals surface area contributed by atoms with E-state index < -0.39 is 10.8 Å². The summed E-state index contributed by atoms with van der Waals surface area (Å²) < 4.78 is 1.25. The van der Waals surface area contributed by atoms with Crippen molar-refractivity contribution < 1.29 is 14.5 Å². The number of nitrogens with zero attached hydrogens (tertiary/aromatic N) is 4. The van der Waals surface area contributed by atoms with Crippen LogP contribution < -0.4 is 5.32 Å². The zero-order valence-corrected chi connectivity index (χ0v) is 12.9. The average Bonchev–Trinajstić information content (AvgIpc) is 3.20. The minimum absolute atomic E-state index is 0.00319. The van der Waals surface area contributed by atoms with Gasteiger partial charge in [-0.3, -0.25) is 19.7 Å². The van der Waals surface area contributed by atoms with Gasteiger partial charge < -0.3 is 10.2 Å². The van der Waals surface area contributed by atoms with Crippen LogP contribution in [-0.4, -0.2) is 44.0 Å². The lowest BCUT2D eigenvalue weighted by Crippen LogP contribution is -2.35. The van der Waals surface area contributed by atoms with Gasteiger partial charge in [0.2, 0.25) is 17.6 Å². The van der Waals surface area contributed by atoms with Crippen molar-refractivity contribution in [1.29, 1.82) is 0 Å². The highest BCUT2D eigenvalue weighted by Gasteiger charge is 2.39. The summed E-state index contributed by atoms with van der Waals surface area (Å²) in [6.45, 7) is 0.390. The maximum absolute atomic E-state index is 12.4. The molecule has 2 amide bonds. The number of aromatic nitrogens is 2. The van der Waals surface area contributed by atoms with Gasteiger partial charge in [-0.05, 0) is 12.8 Å². The molecule has 9 nitrogen and oxygen atoms in total. The molecule has 3 rings (SSSR count). The summed E-state index contributed by atoms with van der Waals surface area (Å²) in [7, 11) is 1.52. The van der Waals surface area contributed by atoms with Crippen LogP contribution in [0.2, 0.25) is 0 Å². The number of likely N-dealkylation sites (tertiary alicyclic amines) is 1. The minimum atomic E-state index is -0.590. The van der Waals surface area contributed by atoms with Crippen molar-refractivity contribution in [2.24, 2.45) is 13.0 Å². The fourth-order valence-corrected chi connectivity index (χ4v) is 3.40. The number of carbonyl (C=O) groups excluding carboxylic acids is 2. The van der Waals surface area contributed by atoms with Crippen LogP contribution in [-0.2, 0) is 16.6 Å². The van der Waals surface area contributed by atoms with Gasteiger partial charge in [0.1, 0.15) is 6.20 Å². The van der Waals surface area contributed by atoms with Crippen molar-refractivity contribution in [3.8, 4) is 0 Å². The van der Waals surface area contributed by atoms with Gasteiger partial charge >= 0.3 is 5.69 Å². The highest BCUT2D eigenvalue weighted by Crippen LogP contribution is 2.30. The van der Waals surface area contributed by atoms with Crippen LogP contribution in [0.4, 0.5) is 11.5 Å². The van der Waals surface area contributed by atoms with Crippen LogP contribution in [0.25, 0.3) is 0 Å². The van der Waals surface area contributed by atoms with Crippen LogP contribution in [0.1, 0.15) is 32.1 Å². The topological polar surface area (TPSA) is 110 Å². The van der Waals surface area contributed by atoms with E-state index in [9.17, 15) is 19.7 Å². The molecule has 2 fully saturated rings. The second-order valence-corrected chi connectivity index (χ2v) is 6.13. The third kappa shape index (κ3) is 2.90. The first-order valence-electron chi connectivity index (χ1n) is 7.74. The molecule has 1 saturated carbocycles. The van der Waals surface area contributed by atoms with Gasteiger partial charge in [-0.1, -0.05) is 12.8 Å². The van der Waals surface area contributed by atoms with Gasteiger partial charge in [0.15, 0.2) is 0 Å². The van der Waals surface area contributed by atoms with Crippen molar-refractivity contribution in [2.75, 3.05) is 11.9 Å². The lowest BCUT2D eigenvalue weighted by atomic mass is 10.1. The Balaban J connectivity index is 1.69. The fourth-order valence-electron chi connectivity index (χ4n) is 3.40. The van der Waals surface area contributed by atoms with E-state index in [1.54, 1.807) is 4.90 Å². The summed E-state index contributed by atoms with van der Waals surface area (Å²) in [5.41, 5.74) is -0.252. The lowest BCUT2D eigenvalue weighted by molar-refractivity contribution is -0.384. The quantitative estimate of drug-likeness (QED) is 0.658. The zero-order chi connectivity index (χ0) is 16.6. The molecule has 0 aromatic carbocycles. The number of carbonyl (C=O) groups is 2. The molecule has 2 aliphatic rings. The van der Waals surface area contributed by atoms with E-state index in [0.717, 1.165) is 31.9 Å². The smallest absolute Gasteiger partial charge is 0.331 e. The van der Waals surface area contributed by atoms with E-state index in [-0.39, 0.29) is 35.8 Å². The Morgan fingerprint density at radius 3 is 2.78 bits per heavy atom. The van der Waals surface area contributed by atoms with Crippen molar-refractivity contribution in [3.63, 3.8) is 0 Å². The first-order chi connectivity index (χ1) is 11.0. The van der Waals surface area contributed by atoms with E-state index >= 15 is 0 Å². The minimum Gasteiger partial charge on any atom is -0.339 e. The molecule has 23 heavy (non-hydrogen) atoms. The van der Waals surface area contributed by atoms with E-state index in [1.165, 1.54) is 11.7 Å². The Hall–Kier alpha value is -2.45. The number of nitrogens with one attached hydrogen (secondary N) is 1. The van der Waals surface area contributed by atoms with Gasteiger partial charge in [-0.2, -0.15) is 5.10 Å². The van der Waals surface area contributed by atoms with Crippen molar-refractivity contribution in [2.45, 2.75) is 38.1 Å². The van der Waals surface area contributed by atoms with Crippen molar-refractivity contribution >= 4 is 23.3 Å². The number of hydrogen-bond donors (Lipinski definition) is 1. The molecule has 1 aliphatic carbocycles. The molecule has 9 heteroatoms. The molecule has 0 radical (unpaired) electrons. The summed E-state index contributed by atoms with van der Waals surface area (Å²) >= 11 is 0. The maximum atomic E-state index is 12.4.